The van der Waals surface area contributed by atoms with Gasteiger partial charge in [-0.15, -0.1) is 13.2 Å². The van der Waals surface area contributed by atoms with Crippen molar-refractivity contribution >= 4 is 39.4 Å². The SMILES string of the molecule is COc1c(C(=O)Cl)cnc(OC(F)(F)F)c1I. The Hall–Kier alpha value is -0.770. The summed E-state index contributed by atoms with van der Waals surface area (Å²) in [5.74, 6) is -0.809. The van der Waals surface area contributed by atoms with E-state index in [0.29, 0.717) is 0 Å². The van der Waals surface area contributed by atoms with Gasteiger partial charge in [-0.1, -0.05) is 0 Å². The zero-order chi connectivity index (χ0) is 13.2. The maximum Gasteiger partial charge on any atom is 0.574 e. The van der Waals surface area contributed by atoms with Crippen molar-refractivity contribution in [1.82, 2.24) is 4.98 Å². The Kier molecular flexibility index (Phi) is 4.42. The van der Waals surface area contributed by atoms with Crippen LogP contribution < -0.4 is 9.47 Å². The van der Waals surface area contributed by atoms with E-state index in [0.717, 1.165) is 6.20 Å². The first kappa shape index (κ1) is 14.3. The lowest BCUT2D eigenvalue weighted by atomic mass is 10.3. The van der Waals surface area contributed by atoms with E-state index < -0.39 is 17.5 Å². The van der Waals surface area contributed by atoms with Crippen LogP contribution in [0.25, 0.3) is 0 Å². The second-order valence-electron chi connectivity index (χ2n) is 2.65. The van der Waals surface area contributed by atoms with Crippen molar-refractivity contribution in [2.45, 2.75) is 6.36 Å². The minimum absolute atomic E-state index is 0.0890. The summed E-state index contributed by atoms with van der Waals surface area (Å²) in [4.78, 5) is 14.3. The van der Waals surface area contributed by atoms with Crippen LogP contribution in [0.1, 0.15) is 10.4 Å². The lowest BCUT2D eigenvalue weighted by Gasteiger charge is -2.13. The number of pyridine rings is 1. The zero-order valence-corrected chi connectivity index (χ0v) is 11.1. The number of ether oxygens (including phenoxy) is 2. The topological polar surface area (TPSA) is 48.4 Å². The maximum atomic E-state index is 12.0. The number of hydrogen-bond donors (Lipinski definition) is 0. The predicted octanol–water partition coefficient (Wildman–Crippen LogP) is 2.97. The minimum Gasteiger partial charge on any atom is -0.495 e. The molecule has 0 spiro atoms. The number of alkyl halides is 3. The van der Waals surface area contributed by atoms with Gasteiger partial charge in [0, 0.05) is 6.20 Å². The van der Waals surface area contributed by atoms with Crippen molar-refractivity contribution in [2.75, 3.05) is 7.11 Å². The lowest BCUT2D eigenvalue weighted by molar-refractivity contribution is -0.276. The molecule has 94 valence electrons. The monoisotopic (exact) mass is 381 g/mol. The van der Waals surface area contributed by atoms with Crippen LogP contribution >= 0.6 is 34.2 Å². The normalized spacial score (nSPS) is 11.2. The summed E-state index contributed by atoms with van der Waals surface area (Å²) < 4.78 is 44.4. The Morgan fingerprint density at radius 1 is 1.53 bits per heavy atom. The molecule has 0 amide bonds. The number of carbonyl (C=O) groups excluding carboxylic acids is 1. The van der Waals surface area contributed by atoms with E-state index in [9.17, 15) is 18.0 Å². The summed E-state index contributed by atoms with van der Waals surface area (Å²) in [6, 6.07) is 0. The summed E-state index contributed by atoms with van der Waals surface area (Å²) in [5.41, 5.74) is -0.131. The van der Waals surface area contributed by atoms with Gasteiger partial charge in [-0.25, -0.2) is 4.98 Å². The third-order valence-electron chi connectivity index (χ3n) is 1.57. The summed E-state index contributed by atoms with van der Waals surface area (Å²) >= 11 is 6.74. The predicted molar refractivity (Wildman–Crippen MR) is 60.4 cm³/mol. The van der Waals surface area contributed by atoms with Crippen LogP contribution in [0, 0.1) is 3.57 Å². The van der Waals surface area contributed by atoms with Crippen molar-refractivity contribution in [2.24, 2.45) is 0 Å². The lowest BCUT2D eigenvalue weighted by Crippen LogP contribution is -2.19. The van der Waals surface area contributed by atoms with Crippen molar-refractivity contribution in [3.8, 4) is 11.6 Å². The highest BCUT2D eigenvalue weighted by molar-refractivity contribution is 14.1. The number of halogens is 5. The van der Waals surface area contributed by atoms with Crippen molar-refractivity contribution < 1.29 is 27.4 Å². The molecule has 0 bridgehead atoms. The molecule has 0 aliphatic carbocycles. The van der Waals surface area contributed by atoms with Gasteiger partial charge in [0.1, 0.15) is 3.57 Å². The molecule has 0 atom stereocenters. The Morgan fingerprint density at radius 2 is 2.12 bits per heavy atom. The number of rotatable bonds is 3. The second kappa shape index (κ2) is 5.25. The number of methoxy groups -OCH3 is 1. The van der Waals surface area contributed by atoms with E-state index in [1.165, 1.54) is 29.7 Å². The Balaban J connectivity index is 3.25. The first-order valence-electron chi connectivity index (χ1n) is 3.94. The zero-order valence-electron chi connectivity index (χ0n) is 8.14. The van der Waals surface area contributed by atoms with E-state index in [1.54, 1.807) is 0 Å². The van der Waals surface area contributed by atoms with Gasteiger partial charge in [-0.2, -0.15) is 0 Å². The van der Waals surface area contributed by atoms with Crippen molar-refractivity contribution in [1.29, 1.82) is 0 Å². The van der Waals surface area contributed by atoms with Gasteiger partial charge in [0.25, 0.3) is 5.24 Å². The fraction of sp³-hybridized carbons (Fsp3) is 0.250. The second-order valence-corrected chi connectivity index (χ2v) is 4.07. The highest BCUT2D eigenvalue weighted by atomic mass is 127. The van der Waals surface area contributed by atoms with E-state index in [-0.39, 0.29) is 14.9 Å². The molecule has 17 heavy (non-hydrogen) atoms. The molecule has 1 heterocycles. The summed E-state index contributed by atoms with van der Waals surface area (Å²) in [7, 11) is 1.19. The highest BCUT2D eigenvalue weighted by Gasteiger charge is 2.34. The van der Waals surface area contributed by atoms with E-state index in [2.05, 4.69) is 9.72 Å². The molecular formula is C8H4ClF3INO3. The average molecular weight is 381 g/mol. The first-order valence-corrected chi connectivity index (χ1v) is 5.40. The van der Waals surface area contributed by atoms with Gasteiger partial charge in [0.2, 0.25) is 5.88 Å². The Bertz CT molecular complexity index is 452. The van der Waals surface area contributed by atoms with Gasteiger partial charge >= 0.3 is 6.36 Å². The molecule has 0 N–H and O–H groups in total. The summed E-state index contributed by atoms with van der Waals surface area (Å²) in [5, 5.41) is -0.883. The maximum absolute atomic E-state index is 12.0. The molecule has 0 saturated carbocycles. The highest BCUT2D eigenvalue weighted by Crippen LogP contribution is 2.34. The fourth-order valence-electron chi connectivity index (χ4n) is 0.974. The summed E-state index contributed by atoms with van der Waals surface area (Å²) in [6.45, 7) is 0. The van der Waals surface area contributed by atoms with Crippen LogP contribution in [-0.2, 0) is 0 Å². The van der Waals surface area contributed by atoms with Crippen molar-refractivity contribution in [3.63, 3.8) is 0 Å². The van der Waals surface area contributed by atoms with Crippen LogP contribution in [0.15, 0.2) is 6.20 Å². The minimum atomic E-state index is -4.87. The third kappa shape index (κ3) is 3.60. The molecular weight excluding hydrogens is 377 g/mol. The van der Waals surface area contributed by atoms with Crippen molar-refractivity contribution in [3.05, 3.63) is 15.3 Å². The molecule has 1 rings (SSSR count). The molecule has 0 aliphatic heterocycles. The number of aromatic nitrogens is 1. The number of carbonyl (C=O) groups is 1. The average Bonchev–Trinajstić information content (AvgIpc) is 2.18. The molecule has 0 saturated heterocycles. The van der Waals surface area contributed by atoms with E-state index >= 15 is 0 Å². The molecule has 0 radical (unpaired) electrons. The molecule has 0 fully saturated rings. The third-order valence-corrected chi connectivity index (χ3v) is 2.73. The Labute approximate surface area is 112 Å². The standard InChI is InChI=1S/C8H4ClF3INO3/c1-16-5-3(6(9)15)2-14-7(4(5)13)17-8(10,11)12/h2H,1H3. The molecule has 0 aliphatic rings. The first-order chi connectivity index (χ1) is 7.76. The van der Waals surface area contributed by atoms with Crippen LogP contribution in [-0.4, -0.2) is 23.7 Å². The molecule has 4 nitrogen and oxygen atoms in total. The van der Waals surface area contributed by atoms with Gasteiger partial charge in [0.05, 0.1) is 12.7 Å². The number of hydrogen-bond acceptors (Lipinski definition) is 4. The molecule has 1 aromatic rings. The van der Waals surface area contributed by atoms with Crippen LogP contribution in [0.5, 0.6) is 11.6 Å². The molecule has 1 aromatic heterocycles. The van der Waals surface area contributed by atoms with Crippen LogP contribution in [0.2, 0.25) is 0 Å². The number of nitrogens with zero attached hydrogens (tertiary/aromatic N) is 1. The molecule has 0 aromatic carbocycles. The largest absolute Gasteiger partial charge is 0.574 e. The van der Waals surface area contributed by atoms with Gasteiger partial charge in [0.15, 0.2) is 5.75 Å². The van der Waals surface area contributed by atoms with Gasteiger partial charge in [-0.05, 0) is 34.2 Å². The van der Waals surface area contributed by atoms with E-state index in [4.69, 9.17) is 16.3 Å². The smallest absolute Gasteiger partial charge is 0.495 e. The quantitative estimate of drug-likeness (QED) is 0.597. The van der Waals surface area contributed by atoms with E-state index in [1.807, 2.05) is 0 Å². The fourth-order valence-corrected chi connectivity index (χ4v) is 1.87. The summed E-state index contributed by atoms with van der Waals surface area (Å²) in [6.07, 6.45) is -4.01. The van der Waals surface area contributed by atoms with Gasteiger partial charge in [-0.3, -0.25) is 4.79 Å². The Morgan fingerprint density at radius 3 is 2.53 bits per heavy atom. The van der Waals surface area contributed by atoms with Crippen LogP contribution in [0.4, 0.5) is 13.2 Å². The van der Waals surface area contributed by atoms with Gasteiger partial charge < -0.3 is 9.47 Å². The molecule has 9 heteroatoms. The van der Waals surface area contributed by atoms with Crippen LogP contribution in [0.3, 0.4) is 0 Å². The molecule has 0 unspecified atom stereocenters.